The lowest BCUT2D eigenvalue weighted by Crippen LogP contribution is -2.28. The molecule has 2 amide bonds. The number of amides is 2. The molecule has 0 bridgehead atoms. The van der Waals surface area contributed by atoms with Gasteiger partial charge in [-0.1, -0.05) is 6.07 Å². The van der Waals surface area contributed by atoms with E-state index in [4.69, 9.17) is 5.73 Å². The molecule has 0 aromatic heterocycles. The van der Waals surface area contributed by atoms with E-state index in [0.29, 0.717) is 36.7 Å². The molecule has 1 aliphatic rings. The molecule has 0 saturated heterocycles. The Kier molecular flexibility index (Phi) is 4.61. The molecule has 2 rings (SSSR count). The highest BCUT2D eigenvalue weighted by atomic mass is 16.2. The number of anilines is 1. The average Bonchev–Trinajstić information content (AvgIpc) is 3.21. The Morgan fingerprint density at radius 2 is 2.10 bits per heavy atom. The number of rotatable bonds is 6. The van der Waals surface area contributed by atoms with Gasteiger partial charge in [-0.25, -0.2) is 0 Å². The lowest BCUT2D eigenvalue weighted by molar-refractivity contribution is -0.121. The molecule has 1 aromatic carbocycles. The first-order chi connectivity index (χ1) is 9.58. The van der Waals surface area contributed by atoms with Gasteiger partial charge in [-0.15, -0.1) is 0 Å². The van der Waals surface area contributed by atoms with Crippen molar-refractivity contribution < 1.29 is 9.59 Å². The van der Waals surface area contributed by atoms with Crippen molar-refractivity contribution in [2.24, 2.45) is 0 Å². The molecule has 20 heavy (non-hydrogen) atoms. The maximum atomic E-state index is 12.0. The van der Waals surface area contributed by atoms with Crippen LogP contribution in [0.4, 0.5) is 5.69 Å². The van der Waals surface area contributed by atoms with E-state index in [2.05, 4.69) is 10.6 Å². The summed E-state index contributed by atoms with van der Waals surface area (Å²) >= 11 is 0. The van der Waals surface area contributed by atoms with Crippen molar-refractivity contribution in [2.75, 3.05) is 12.3 Å². The fourth-order valence-corrected chi connectivity index (χ4v) is 1.97. The minimum Gasteiger partial charge on any atom is -0.398 e. The highest BCUT2D eigenvalue weighted by Gasteiger charge is 2.22. The molecule has 1 aromatic rings. The second-order valence-electron chi connectivity index (χ2n) is 5.22. The van der Waals surface area contributed by atoms with E-state index in [1.807, 2.05) is 6.92 Å². The van der Waals surface area contributed by atoms with Crippen LogP contribution in [0.15, 0.2) is 18.2 Å². The van der Waals surface area contributed by atoms with Gasteiger partial charge in [0.15, 0.2) is 0 Å². The van der Waals surface area contributed by atoms with Crippen LogP contribution in [-0.2, 0) is 4.79 Å². The summed E-state index contributed by atoms with van der Waals surface area (Å²) in [6.07, 6.45) is 3.28. The maximum Gasteiger partial charge on any atom is 0.251 e. The molecule has 0 aliphatic heterocycles. The van der Waals surface area contributed by atoms with Crippen LogP contribution in [0.3, 0.4) is 0 Å². The number of hydrogen-bond donors (Lipinski definition) is 3. The minimum absolute atomic E-state index is 0.0712. The van der Waals surface area contributed by atoms with Crippen molar-refractivity contribution in [3.05, 3.63) is 29.3 Å². The van der Waals surface area contributed by atoms with Crippen molar-refractivity contribution in [1.82, 2.24) is 10.6 Å². The van der Waals surface area contributed by atoms with Gasteiger partial charge in [-0.05, 0) is 43.9 Å². The molecule has 5 nitrogen and oxygen atoms in total. The second-order valence-corrected chi connectivity index (χ2v) is 5.22. The summed E-state index contributed by atoms with van der Waals surface area (Å²) in [6, 6.07) is 5.68. The van der Waals surface area contributed by atoms with Crippen LogP contribution in [0.25, 0.3) is 0 Å². The van der Waals surface area contributed by atoms with Crippen molar-refractivity contribution in [3.8, 4) is 0 Å². The largest absolute Gasteiger partial charge is 0.398 e. The van der Waals surface area contributed by atoms with Gasteiger partial charge >= 0.3 is 0 Å². The third kappa shape index (κ3) is 3.98. The normalized spacial score (nSPS) is 13.8. The van der Waals surface area contributed by atoms with Gasteiger partial charge in [0, 0.05) is 30.3 Å². The lowest BCUT2D eigenvalue weighted by atomic mass is 10.1. The van der Waals surface area contributed by atoms with E-state index < -0.39 is 0 Å². The van der Waals surface area contributed by atoms with Crippen LogP contribution in [-0.4, -0.2) is 24.4 Å². The molecular weight excluding hydrogens is 254 g/mol. The highest BCUT2D eigenvalue weighted by Crippen LogP contribution is 2.18. The van der Waals surface area contributed by atoms with E-state index in [-0.39, 0.29) is 11.8 Å². The molecule has 4 N–H and O–H groups in total. The predicted molar refractivity (Wildman–Crippen MR) is 78.3 cm³/mol. The van der Waals surface area contributed by atoms with E-state index in [0.717, 1.165) is 18.4 Å². The Bertz CT molecular complexity index is 510. The smallest absolute Gasteiger partial charge is 0.251 e. The summed E-state index contributed by atoms with van der Waals surface area (Å²) in [7, 11) is 0. The van der Waals surface area contributed by atoms with Crippen LogP contribution >= 0.6 is 0 Å². The van der Waals surface area contributed by atoms with Crippen LogP contribution in [0.2, 0.25) is 0 Å². The molecule has 108 valence electrons. The van der Waals surface area contributed by atoms with Gasteiger partial charge in [0.25, 0.3) is 5.91 Å². The summed E-state index contributed by atoms with van der Waals surface area (Å²) in [5, 5.41) is 5.74. The maximum absolute atomic E-state index is 12.0. The van der Waals surface area contributed by atoms with Crippen LogP contribution < -0.4 is 16.4 Å². The Labute approximate surface area is 118 Å². The van der Waals surface area contributed by atoms with Gasteiger partial charge < -0.3 is 16.4 Å². The van der Waals surface area contributed by atoms with Gasteiger partial charge in [0.1, 0.15) is 0 Å². The molecule has 1 aliphatic carbocycles. The molecule has 0 radical (unpaired) electrons. The van der Waals surface area contributed by atoms with Gasteiger partial charge in [-0.2, -0.15) is 0 Å². The monoisotopic (exact) mass is 275 g/mol. The Morgan fingerprint density at radius 1 is 1.35 bits per heavy atom. The quantitative estimate of drug-likeness (QED) is 0.541. The van der Waals surface area contributed by atoms with Crippen molar-refractivity contribution in [2.45, 2.75) is 38.6 Å². The predicted octanol–water partition coefficient (Wildman–Crippen LogP) is 1.37. The average molecular weight is 275 g/mol. The van der Waals surface area contributed by atoms with Crippen molar-refractivity contribution >= 4 is 17.5 Å². The number of benzene rings is 1. The molecule has 0 atom stereocenters. The first-order valence-corrected chi connectivity index (χ1v) is 7.00. The number of hydrogen-bond acceptors (Lipinski definition) is 3. The van der Waals surface area contributed by atoms with Crippen LogP contribution in [0.5, 0.6) is 0 Å². The minimum atomic E-state index is -0.141. The number of nitrogen functional groups attached to an aromatic ring is 1. The summed E-state index contributed by atoms with van der Waals surface area (Å²) in [5.41, 5.74) is 7.76. The topological polar surface area (TPSA) is 84.2 Å². The fourth-order valence-electron chi connectivity index (χ4n) is 1.97. The van der Waals surface area contributed by atoms with Gasteiger partial charge in [0.05, 0.1) is 0 Å². The van der Waals surface area contributed by atoms with E-state index in [1.165, 1.54) is 0 Å². The number of carbonyl (C=O) groups is 2. The Balaban J connectivity index is 1.71. The third-order valence-corrected chi connectivity index (χ3v) is 3.43. The zero-order valence-corrected chi connectivity index (χ0v) is 11.7. The zero-order chi connectivity index (χ0) is 14.5. The van der Waals surface area contributed by atoms with Crippen LogP contribution in [0, 0.1) is 6.92 Å². The van der Waals surface area contributed by atoms with Crippen LogP contribution in [0.1, 0.15) is 41.6 Å². The number of carbonyl (C=O) groups excluding carboxylic acids is 2. The molecule has 5 heteroatoms. The lowest BCUT2D eigenvalue weighted by Gasteiger charge is -2.09. The van der Waals surface area contributed by atoms with Crippen molar-refractivity contribution in [3.63, 3.8) is 0 Å². The summed E-state index contributed by atoms with van der Waals surface area (Å²) in [5.74, 6) is -0.0701. The summed E-state index contributed by atoms with van der Waals surface area (Å²) in [6.45, 7) is 2.32. The Hall–Kier alpha value is -2.04. The van der Waals surface area contributed by atoms with E-state index in [1.54, 1.807) is 18.2 Å². The number of nitrogens with one attached hydrogen (secondary N) is 2. The first-order valence-electron chi connectivity index (χ1n) is 7.00. The Morgan fingerprint density at radius 3 is 2.80 bits per heavy atom. The second kappa shape index (κ2) is 6.41. The van der Waals surface area contributed by atoms with Gasteiger partial charge in [0.2, 0.25) is 5.91 Å². The SMILES string of the molecule is Cc1c(N)cccc1C(=O)NCCCC(=O)NC1CC1. The third-order valence-electron chi connectivity index (χ3n) is 3.43. The molecule has 0 unspecified atom stereocenters. The highest BCUT2D eigenvalue weighted by molar-refractivity contribution is 5.96. The summed E-state index contributed by atoms with van der Waals surface area (Å²) < 4.78 is 0. The molecule has 0 spiro atoms. The summed E-state index contributed by atoms with van der Waals surface area (Å²) in [4.78, 5) is 23.4. The van der Waals surface area contributed by atoms with E-state index in [9.17, 15) is 9.59 Å². The van der Waals surface area contributed by atoms with Gasteiger partial charge in [-0.3, -0.25) is 9.59 Å². The molecule has 0 heterocycles. The molecule has 1 saturated carbocycles. The standard InChI is InChI=1S/C15H21N3O2/c1-10-12(4-2-5-13(10)16)15(20)17-9-3-6-14(19)18-11-7-8-11/h2,4-5,11H,3,6-9,16H2,1H3,(H,17,20)(H,18,19). The fraction of sp³-hybridized carbons (Fsp3) is 0.467. The zero-order valence-electron chi connectivity index (χ0n) is 11.7. The van der Waals surface area contributed by atoms with E-state index >= 15 is 0 Å². The molecule has 1 fully saturated rings. The van der Waals surface area contributed by atoms with Crippen molar-refractivity contribution in [1.29, 1.82) is 0 Å². The molecular formula is C15H21N3O2. The first kappa shape index (κ1) is 14.4. The number of nitrogens with two attached hydrogens (primary N) is 1.